The van der Waals surface area contributed by atoms with Gasteiger partial charge in [-0.2, -0.15) is 11.8 Å². The first kappa shape index (κ1) is 20.9. The van der Waals surface area contributed by atoms with E-state index in [1.165, 1.54) is 5.56 Å². The zero-order valence-electron chi connectivity index (χ0n) is 16.7. The van der Waals surface area contributed by atoms with Crippen molar-refractivity contribution >= 4 is 23.6 Å². The number of amides is 2. The first-order chi connectivity index (χ1) is 13.6. The number of hydrogen-bond acceptors (Lipinski definition) is 4. The Hall–Kier alpha value is -1.79. The summed E-state index contributed by atoms with van der Waals surface area (Å²) in [6.45, 7) is 5.77. The third-order valence-corrected chi connectivity index (χ3v) is 6.50. The number of thioether (sulfide) groups is 1. The Morgan fingerprint density at radius 2 is 2.04 bits per heavy atom. The van der Waals surface area contributed by atoms with Crippen LogP contribution in [0.15, 0.2) is 43.0 Å². The average Bonchev–Trinajstić information content (AvgIpc) is 2.97. The number of nitrogens with zero attached hydrogens (tertiary/aromatic N) is 2. The molecule has 3 rings (SSSR count). The second kappa shape index (κ2) is 9.61. The van der Waals surface area contributed by atoms with E-state index in [0.29, 0.717) is 26.1 Å². The molecule has 2 amide bonds. The maximum Gasteiger partial charge on any atom is 0.241 e. The fourth-order valence-corrected chi connectivity index (χ4v) is 4.75. The molecule has 5 nitrogen and oxygen atoms in total. The molecule has 28 heavy (non-hydrogen) atoms. The highest BCUT2D eigenvalue weighted by atomic mass is 32.2. The van der Waals surface area contributed by atoms with Crippen LogP contribution >= 0.6 is 11.8 Å². The Morgan fingerprint density at radius 3 is 2.68 bits per heavy atom. The predicted molar refractivity (Wildman–Crippen MR) is 115 cm³/mol. The molecule has 6 heteroatoms. The lowest BCUT2D eigenvalue weighted by Crippen LogP contribution is -2.59. The van der Waals surface area contributed by atoms with Gasteiger partial charge >= 0.3 is 0 Å². The molecule has 1 unspecified atom stereocenters. The molecular weight excluding hydrogens is 370 g/mol. The van der Waals surface area contributed by atoms with Crippen LogP contribution in [0, 0.1) is 0 Å². The molecular formula is C22H31N3O2S. The minimum absolute atomic E-state index is 0.118. The standard InChI is InChI=1S/C22H31N3O2S/c1-3-14-25-21(27)19(11-17-28-2)23-22(25)12-15-24(16-13-22)20(26)10-9-18-7-5-4-6-8-18/h3-8,19,23H,1,9-17H2,2H3. The smallest absolute Gasteiger partial charge is 0.241 e. The normalized spacial score (nSPS) is 21.3. The van der Waals surface area contributed by atoms with Crippen molar-refractivity contribution in [3.8, 4) is 0 Å². The van der Waals surface area contributed by atoms with Gasteiger partial charge in [-0.25, -0.2) is 0 Å². The monoisotopic (exact) mass is 401 g/mol. The Labute approximate surface area is 172 Å². The van der Waals surface area contributed by atoms with Gasteiger partial charge in [0.2, 0.25) is 11.8 Å². The maximum absolute atomic E-state index is 12.9. The molecule has 0 bridgehead atoms. The fourth-order valence-electron chi connectivity index (χ4n) is 4.28. The van der Waals surface area contributed by atoms with Crippen LogP contribution in [-0.2, 0) is 16.0 Å². The minimum atomic E-state index is -0.329. The van der Waals surface area contributed by atoms with E-state index >= 15 is 0 Å². The van der Waals surface area contributed by atoms with Gasteiger partial charge in [-0.3, -0.25) is 14.9 Å². The number of piperidine rings is 1. The topological polar surface area (TPSA) is 52.7 Å². The second-order valence-electron chi connectivity index (χ2n) is 7.61. The molecule has 2 aliphatic heterocycles. The van der Waals surface area contributed by atoms with Gasteiger partial charge in [-0.1, -0.05) is 36.4 Å². The number of likely N-dealkylation sites (tertiary alicyclic amines) is 1. The summed E-state index contributed by atoms with van der Waals surface area (Å²) in [6.07, 6.45) is 7.58. The van der Waals surface area contributed by atoms with Crippen LogP contribution in [0.4, 0.5) is 0 Å². The number of carbonyl (C=O) groups excluding carboxylic acids is 2. The zero-order chi connectivity index (χ0) is 20.0. The van der Waals surface area contributed by atoms with Gasteiger partial charge in [0, 0.05) is 38.9 Å². The lowest BCUT2D eigenvalue weighted by atomic mass is 9.95. The molecule has 0 radical (unpaired) electrons. The summed E-state index contributed by atoms with van der Waals surface area (Å²) < 4.78 is 0. The first-order valence-electron chi connectivity index (χ1n) is 10.1. The highest BCUT2D eigenvalue weighted by Crippen LogP contribution is 2.33. The minimum Gasteiger partial charge on any atom is -0.342 e. The summed E-state index contributed by atoms with van der Waals surface area (Å²) >= 11 is 1.76. The van der Waals surface area contributed by atoms with E-state index in [9.17, 15) is 9.59 Å². The number of nitrogens with one attached hydrogen (secondary N) is 1. The van der Waals surface area contributed by atoms with Crippen LogP contribution < -0.4 is 5.32 Å². The van der Waals surface area contributed by atoms with Crippen LogP contribution in [0.2, 0.25) is 0 Å². The highest BCUT2D eigenvalue weighted by Gasteiger charge is 2.50. The molecule has 1 aromatic carbocycles. The van der Waals surface area contributed by atoms with Gasteiger partial charge in [0.25, 0.3) is 0 Å². The fraction of sp³-hybridized carbons (Fsp3) is 0.545. The predicted octanol–water partition coefficient (Wildman–Crippen LogP) is 2.68. The molecule has 0 aliphatic carbocycles. The largest absolute Gasteiger partial charge is 0.342 e. The molecule has 1 atom stereocenters. The Kier molecular flexibility index (Phi) is 7.18. The van der Waals surface area contributed by atoms with E-state index in [2.05, 4.69) is 30.3 Å². The Morgan fingerprint density at radius 1 is 1.32 bits per heavy atom. The average molecular weight is 402 g/mol. The lowest BCUT2D eigenvalue weighted by molar-refractivity contribution is -0.136. The Balaban J connectivity index is 1.58. The van der Waals surface area contributed by atoms with E-state index in [1.807, 2.05) is 28.0 Å². The van der Waals surface area contributed by atoms with Gasteiger partial charge < -0.3 is 9.80 Å². The number of carbonyl (C=O) groups is 2. The maximum atomic E-state index is 12.9. The van der Waals surface area contributed by atoms with Gasteiger partial charge in [0.1, 0.15) is 0 Å². The molecule has 0 aromatic heterocycles. The van der Waals surface area contributed by atoms with Gasteiger partial charge in [-0.05, 0) is 30.4 Å². The lowest BCUT2D eigenvalue weighted by Gasteiger charge is -2.44. The molecule has 1 aromatic rings. The number of aryl methyl sites for hydroxylation is 1. The zero-order valence-corrected chi connectivity index (χ0v) is 17.5. The molecule has 2 saturated heterocycles. The SMILES string of the molecule is C=CCN1C(=O)C(CCSC)NC12CCN(C(=O)CCc1ccccc1)CC2. The van der Waals surface area contributed by atoms with Crippen LogP contribution in [-0.4, -0.2) is 65.0 Å². The third-order valence-electron chi connectivity index (χ3n) is 5.86. The number of hydrogen-bond donors (Lipinski definition) is 1. The van der Waals surface area contributed by atoms with Gasteiger partial charge in [0.05, 0.1) is 11.7 Å². The molecule has 1 spiro atoms. The van der Waals surface area contributed by atoms with Crippen molar-refractivity contribution in [2.24, 2.45) is 0 Å². The van der Waals surface area contributed by atoms with Crippen molar-refractivity contribution in [3.05, 3.63) is 48.6 Å². The Bertz CT molecular complexity index is 686. The van der Waals surface area contributed by atoms with Crippen molar-refractivity contribution in [1.29, 1.82) is 0 Å². The summed E-state index contributed by atoms with van der Waals surface area (Å²) in [4.78, 5) is 29.4. The van der Waals surface area contributed by atoms with E-state index in [1.54, 1.807) is 17.8 Å². The number of rotatable bonds is 8. The molecule has 2 fully saturated rings. The van der Waals surface area contributed by atoms with Crippen LogP contribution in [0.3, 0.4) is 0 Å². The van der Waals surface area contributed by atoms with E-state index in [0.717, 1.165) is 31.4 Å². The molecule has 1 N–H and O–H groups in total. The van der Waals surface area contributed by atoms with Gasteiger partial charge in [0.15, 0.2) is 0 Å². The van der Waals surface area contributed by atoms with Crippen molar-refractivity contribution in [2.75, 3.05) is 31.6 Å². The van der Waals surface area contributed by atoms with Crippen molar-refractivity contribution in [2.45, 2.75) is 43.8 Å². The third kappa shape index (κ3) is 4.61. The highest BCUT2D eigenvalue weighted by molar-refractivity contribution is 7.98. The summed E-state index contributed by atoms with van der Waals surface area (Å²) in [7, 11) is 0. The molecule has 152 valence electrons. The molecule has 0 saturated carbocycles. The van der Waals surface area contributed by atoms with E-state index in [4.69, 9.17) is 0 Å². The van der Waals surface area contributed by atoms with Crippen LogP contribution in [0.25, 0.3) is 0 Å². The van der Waals surface area contributed by atoms with Crippen LogP contribution in [0.5, 0.6) is 0 Å². The first-order valence-corrected chi connectivity index (χ1v) is 11.5. The summed E-state index contributed by atoms with van der Waals surface area (Å²) in [5.41, 5.74) is 0.867. The van der Waals surface area contributed by atoms with E-state index < -0.39 is 0 Å². The van der Waals surface area contributed by atoms with Crippen molar-refractivity contribution < 1.29 is 9.59 Å². The van der Waals surface area contributed by atoms with Crippen molar-refractivity contribution in [3.63, 3.8) is 0 Å². The number of benzene rings is 1. The van der Waals surface area contributed by atoms with Crippen LogP contribution in [0.1, 0.15) is 31.2 Å². The quantitative estimate of drug-likeness (QED) is 0.681. The molecule has 2 aliphatic rings. The van der Waals surface area contributed by atoms with Gasteiger partial charge in [-0.15, -0.1) is 6.58 Å². The van der Waals surface area contributed by atoms with Crippen molar-refractivity contribution in [1.82, 2.24) is 15.1 Å². The summed E-state index contributed by atoms with van der Waals surface area (Å²) in [6, 6.07) is 10.0. The summed E-state index contributed by atoms with van der Waals surface area (Å²) in [5.74, 6) is 1.35. The second-order valence-corrected chi connectivity index (χ2v) is 8.60. The molecule has 2 heterocycles. The van der Waals surface area contributed by atoms with E-state index in [-0.39, 0.29) is 23.5 Å². The summed E-state index contributed by atoms with van der Waals surface area (Å²) in [5, 5.41) is 3.62.